The van der Waals surface area contributed by atoms with Gasteiger partial charge in [0.05, 0.1) is 0 Å². The van der Waals surface area contributed by atoms with E-state index in [1.165, 1.54) is 5.56 Å². The van der Waals surface area contributed by atoms with Crippen LogP contribution in [0.15, 0.2) is 30.3 Å². The van der Waals surface area contributed by atoms with Gasteiger partial charge in [0.25, 0.3) is 0 Å². The average Bonchev–Trinajstić information content (AvgIpc) is 2.44. The van der Waals surface area contributed by atoms with Crippen molar-refractivity contribution in [2.24, 2.45) is 11.1 Å². The van der Waals surface area contributed by atoms with Crippen LogP contribution in [0.1, 0.15) is 39.2 Å². The van der Waals surface area contributed by atoms with E-state index in [0.29, 0.717) is 19.5 Å². The molecule has 0 unspecified atom stereocenters. The zero-order valence-electron chi connectivity index (χ0n) is 13.1. The van der Waals surface area contributed by atoms with Gasteiger partial charge >= 0.3 is 0 Å². The van der Waals surface area contributed by atoms with Gasteiger partial charge in [0, 0.05) is 26.1 Å². The molecule has 0 heterocycles. The number of nitrogens with two attached hydrogens (primary N) is 1. The number of hydrogen-bond donors (Lipinski definition) is 1. The van der Waals surface area contributed by atoms with E-state index < -0.39 is 0 Å². The van der Waals surface area contributed by atoms with Crippen LogP contribution in [0, 0.1) is 5.41 Å². The van der Waals surface area contributed by atoms with E-state index >= 15 is 0 Å². The standard InChI is InChI=1S/C17H28N2O/c1-4-17(2,3)14-16(20)19(13-11-18)12-10-15-8-6-5-7-9-15/h5-9H,4,10-14,18H2,1-3H3. The fraction of sp³-hybridized carbons (Fsp3) is 0.588. The molecule has 0 aliphatic carbocycles. The number of carbonyl (C=O) groups excluding carboxylic acids is 1. The lowest BCUT2D eigenvalue weighted by Crippen LogP contribution is -2.38. The van der Waals surface area contributed by atoms with Crippen LogP contribution in [0.2, 0.25) is 0 Å². The van der Waals surface area contributed by atoms with Crippen molar-refractivity contribution in [3.05, 3.63) is 35.9 Å². The van der Waals surface area contributed by atoms with Gasteiger partial charge in [0.2, 0.25) is 5.91 Å². The summed E-state index contributed by atoms with van der Waals surface area (Å²) in [5.41, 5.74) is 6.97. The van der Waals surface area contributed by atoms with Gasteiger partial charge in [0.15, 0.2) is 0 Å². The zero-order valence-corrected chi connectivity index (χ0v) is 13.1. The first-order chi connectivity index (χ1) is 9.48. The highest BCUT2D eigenvalue weighted by molar-refractivity contribution is 5.76. The quantitative estimate of drug-likeness (QED) is 0.793. The zero-order chi connectivity index (χ0) is 15.0. The molecule has 1 aromatic carbocycles. The first kappa shape index (κ1) is 16.7. The minimum absolute atomic E-state index is 0.0661. The highest BCUT2D eigenvalue weighted by atomic mass is 16.2. The SMILES string of the molecule is CCC(C)(C)CC(=O)N(CCN)CCc1ccccc1. The molecular formula is C17H28N2O. The predicted molar refractivity (Wildman–Crippen MR) is 84.5 cm³/mol. The van der Waals surface area contributed by atoms with Gasteiger partial charge in [-0.15, -0.1) is 0 Å². The van der Waals surface area contributed by atoms with Crippen LogP contribution in [-0.2, 0) is 11.2 Å². The van der Waals surface area contributed by atoms with Gasteiger partial charge in [-0.1, -0.05) is 57.5 Å². The molecule has 1 rings (SSSR count). The molecule has 3 heteroatoms. The Morgan fingerprint density at radius 2 is 1.85 bits per heavy atom. The van der Waals surface area contributed by atoms with E-state index in [0.717, 1.165) is 19.4 Å². The lowest BCUT2D eigenvalue weighted by molar-refractivity contribution is -0.133. The summed E-state index contributed by atoms with van der Waals surface area (Å²) < 4.78 is 0. The third-order valence-electron chi connectivity index (χ3n) is 3.85. The maximum absolute atomic E-state index is 12.4. The van der Waals surface area contributed by atoms with Crippen LogP contribution in [0.5, 0.6) is 0 Å². The molecule has 3 nitrogen and oxygen atoms in total. The van der Waals surface area contributed by atoms with Crippen LogP contribution in [-0.4, -0.2) is 30.4 Å². The summed E-state index contributed by atoms with van der Waals surface area (Å²) in [5, 5.41) is 0. The Bertz CT molecular complexity index is 401. The maximum atomic E-state index is 12.4. The topological polar surface area (TPSA) is 46.3 Å². The molecule has 2 N–H and O–H groups in total. The summed E-state index contributed by atoms with van der Waals surface area (Å²) in [6.07, 6.45) is 2.49. The summed E-state index contributed by atoms with van der Waals surface area (Å²) in [5.74, 6) is 0.221. The number of benzene rings is 1. The fourth-order valence-electron chi connectivity index (χ4n) is 2.07. The molecular weight excluding hydrogens is 248 g/mol. The predicted octanol–water partition coefficient (Wildman–Crippen LogP) is 2.84. The number of amides is 1. The largest absolute Gasteiger partial charge is 0.341 e. The lowest BCUT2D eigenvalue weighted by atomic mass is 9.86. The van der Waals surface area contributed by atoms with Gasteiger partial charge in [-0.2, -0.15) is 0 Å². The van der Waals surface area contributed by atoms with Crippen LogP contribution < -0.4 is 5.73 Å². The second kappa shape index (κ2) is 8.05. The highest BCUT2D eigenvalue weighted by Crippen LogP contribution is 2.25. The molecule has 0 saturated carbocycles. The molecule has 0 aliphatic heterocycles. The molecule has 0 aliphatic rings. The molecule has 0 bridgehead atoms. The molecule has 1 aromatic rings. The van der Waals surface area contributed by atoms with Gasteiger partial charge in [-0.05, 0) is 17.4 Å². The number of nitrogens with zero attached hydrogens (tertiary/aromatic N) is 1. The van der Waals surface area contributed by atoms with Gasteiger partial charge in [0.1, 0.15) is 0 Å². The van der Waals surface area contributed by atoms with Gasteiger partial charge in [-0.3, -0.25) is 4.79 Å². The van der Waals surface area contributed by atoms with Crippen LogP contribution in [0.25, 0.3) is 0 Å². The van der Waals surface area contributed by atoms with E-state index in [1.54, 1.807) is 0 Å². The van der Waals surface area contributed by atoms with Crippen molar-refractivity contribution >= 4 is 5.91 Å². The maximum Gasteiger partial charge on any atom is 0.223 e. The van der Waals surface area contributed by atoms with Crippen molar-refractivity contribution in [3.8, 4) is 0 Å². The number of carbonyl (C=O) groups is 1. The van der Waals surface area contributed by atoms with Crippen molar-refractivity contribution < 1.29 is 4.79 Å². The van der Waals surface area contributed by atoms with E-state index in [1.807, 2.05) is 23.1 Å². The second-order valence-corrected chi connectivity index (χ2v) is 6.10. The smallest absolute Gasteiger partial charge is 0.223 e. The van der Waals surface area contributed by atoms with Crippen LogP contribution in [0.3, 0.4) is 0 Å². The molecule has 0 spiro atoms. The Morgan fingerprint density at radius 1 is 1.20 bits per heavy atom. The van der Waals surface area contributed by atoms with Crippen molar-refractivity contribution in [1.29, 1.82) is 0 Å². The van der Waals surface area contributed by atoms with Crippen molar-refractivity contribution in [2.75, 3.05) is 19.6 Å². The molecule has 112 valence electrons. The summed E-state index contributed by atoms with van der Waals surface area (Å²) in [6.45, 7) is 8.33. The van der Waals surface area contributed by atoms with E-state index in [9.17, 15) is 4.79 Å². The minimum atomic E-state index is 0.0661. The summed E-state index contributed by atoms with van der Waals surface area (Å²) in [6, 6.07) is 10.3. The minimum Gasteiger partial charge on any atom is -0.341 e. The van der Waals surface area contributed by atoms with Crippen molar-refractivity contribution in [3.63, 3.8) is 0 Å². The Balaban J connectivity index is 2.57. The van der Waals surface area contributed by atoms with E-state index in [4.69, 9.17) is 5.73 Å². The molecule has 1 amide bonds. The van der Waals surface area contributed by atoms with Gasteiger partial charge in [-0.25, -0.2) is 0 Å². The number of rotatable bonds is 8. The molecule has 0 aromatic heterocycles. The summed E-state index contributed by atoms with van der Waals surface area (Å²) >= 11 is 0. The summed E-state index contributed by atoms with van der Waals surface area (Å²) in [4.78, 5) is 14.3. The highest BCUT2D eigenvalue weighted by Gasteiger charge is 2.23. The molecule has 20 heavy (non-hydrogen) atoms. The first-order valence-electron chi connectivity index (χ1n) is 7.50. The monoisotopic (exact) mass is 276 g/mol. The molecule has 0 radical (unpaired) electrons. The van der Waals surface area contributed by atoms with Crippen molar-refractivity contribution in [1.82, 2.24) is 4.90 Å². The Morgan fingerprint density at radius 3 is 2.40 bits per heavy atom. The second-order valence-electron chi connectivity index (χ2n) is 6.10. The normalized spacial score (nSPS) is 11.4. The Hall–Kier alpha value is -1.35. The van der Waals surface area contributed by atoms with Crippen LogP contribution >= 0.6 is 0 Å². The summed E-state index contributed by atoms with van der Waals surface area (Å²) in [7, 11) is 0. The van der Waals surface area contributed by atoms with Crippen LogP contribution in [0.4, 0.5) is 0 Å². The van der Waals surface area contributed by atoms with Gasteiger partial charge < -0.3 is 10.6 Å². The third-order valence-corrected chi connectivity index (χ3v) is 3.85. The fourth-order valence-corrected chi connectivity index (χ4v) is 2.07. The molecule has 0 fully saturated rings. The Kier molecular flexibility index (Phi) is 6.73. The molecule has 0 saturated heterocycles. The van der Waals surface area contributed by atoms with E-state index in [-0.39, 0.29) is 11.3 Å². The average molecular weight is 276 g/mol. The Labute approximate surface area is 123 Å². The number of hydrogen-bond acceptors (Lipinski definition) is 2. The third kappa shape index (κ3) is 5.74. The van der Waals surface area contributed by atoms with E-state index in [2.05, 4.69) is 32.9 Å². The first-order valence-corrected chi connectivity index (χ1v) is 7.50. The molecule has 0 atom stereocenters. The van der Waals surface area contributed by atoms with Crippen molar-refractivity contribution in [2.45, 2.75) is 40.0 Å². The lowest BCUT2D eigenvalue weighted by Gasteiger charge is -2.28.